The van der Waals surface area contributed by atoms with E-state index in [0.29, 0.717) is 18.6 Å². The molecule has 19 heavy (non-hydrogen) atoms. The van der Waals surface area contributed by atoms with Crippen LogP contribution in [0.5, 0.6) is 0 Å². The van der Waals surface area contributed by atoms with E-state index in [9.17, 15) is 5.11 Å². The first-order valence-electron chi connectivity index (χ1n) is 7.62. The third-order valence-electron chi connectivity index (χ3n) is 4.23. The van der Waals surface area contributed by atoms with Crippen molar-refractivity contribution in [2.45, 2.75) is 58.2 Å². The maximum atomic E-state index is 9.77. The summed E-state index contributed by atoms with van der Waals surface area (Å²) in [6.07, 6.45) is 3.57. The van der Waals surface area contributed by atoms with Gasteiger partial charge < -0.3 is 15.6 Å². The molecule has 0 heterocycles. The number of aliphatic hydroxyl groups excluding tert-OH is 1. The van der Waals surface area contributed by atoms with Crippen molar-refractivity contribution in [2.24, 2.45) is 17.6 Å². The van der Waals surface area contributed by atoms with Crippen molar-refractivity contribution in [1.82, 2.24) is 4.90 Å². The Morgan fingerprint density at radius 1 is 1.32 bits per heavy atom. The molecule has 0 aromatic heterocycles. The molecule has 114 valence electrons. The van der Waals surface area contributed by atoms with Crippen molar-refractivity contribution in [3.63, 3.8) is 0 Å². The quantitative estimate of drug-likeness (QED) is 0.632. The Bertz CT molecular complexity index is 244. The SMILES string of the molecule is COCCN(C(C)C1CC1)C(CO)C(N)CC(C)C. The molecule has 0 saturated heterocycles. The molecule has 0 spiro atoms. The van der Waals surface area contributed by atoms with E-state index in [-0.39, 0.29) is 18.7 Å². The lowest BCUT2D eigenvalue weighted by atomic mass is 9.96. The smallest absolute Gasteiger partial charge is 0.0602 e. The van der Waals surface area contributed by atoms with Gasteiger partial charge in [0.05, 0.1) is 13.2 Å². The van der Waals surface area contributed by atoms with Gasteiger partial charge in [0, 0.05) is 31.8 Å². The lowest BCUT2D eigenvalue weighted by Gasteiger charge is -2.39. The first kappa shape index (κ1) is 16.9. The van der Waals surface area contributed by atoms with Gasteiger partial charge in [0.25, 0.3) is 0 Å². The first-order valence-corrected chi connectivity index (χ1v) is 7.62. The van der Waals surface area contributed by atoms with Gasteiger partial charge in [0.15, 0.2) is 0 Å². The molecule has 0 radical (unpaired) electrons. The summed E-state index contributed by atoms with van der Waals surface area (Å²) in [5.74, 6) is 1.33. The van der Waals surface area contributed by atoms with E-state index in [1.165, 1.54) is 12.8 Å². The number of hydrogen-bond acceptors (Lipinski definition) is 4. The Kier molecular flexibility index (Phi) is 7.29. The van der Waals surface area contributed by atoms with Gasteiger partial charge in [-0.05, 0) is 38.0 Å². The second-order valence-electron chi connectivity index (χ2n) is 6.35. The largest absolute Gasteiger partial charge is 0.395 e. The van der Waals surface area contributed by atoms with Crippen LogP contribution in [0.4, 0.5) is 0 Å². The van der Waals surface area contributed by atoms with Gasteiger partial charge in [-0.3, -0.25) is 4.90 Å². The molecule has 3 unspecified atom stereocenters. The molecule has 3 atom stereocenters. The zero-order chi connectivity index (χ0) is 14.4. The number of nitrogens with two attached hydrogens (primary N) is 1. The van der Waals surface area contributed by atoms with E-state index in [1.54, 1.807) is 7.11 Å². The second kappa shape index (κ2) is 8.20. The van der Waals surface area contributed by atoms with Crippen LogP contribution in [0.3, 0.4) is 0 Å². The number of methoxy groups -OCH3 is 1. The molecule has 0 aliphatic heterocycles. The van der Waals surface area contributed by atoms with Gasteiger partial charge in [-0.25, -0.2) is 0 Å². The highest BCUT2D eigenvalue weighted by atomic mass is 16.5. The molecular weight excluding hydrogens is 240 g/mol. The first-order chi connectivity index (χ1) is 9.01. The van der Waals surface area contributed by atoms with Crippen molar-refractivity contribution in [2.75, 3.05) is 26.9 Å². The minimum Gasteiger partial charge on any atom is -0.395 e. The fourth-order valence-electron chi connectivity index (χ4n) is 2.91. The summed E-state index contributed by atoms with van der Waals surface area (Å²) in [4.78, 5) is 2.37. The molecule has 1 saturated carbocycles. The Morgan fingerprint density at radius 2 is 1.95 bits per heavy atom. The number of rotatable bonds is 10. The van der Waals surface area contributed by atoms with E-state index < -0.39 is 0 Å². The molecule has 1 rings (SSSR count). The predicted octanol–water partition coefficient (Wildman–Crippen LogP) is 1.47. The van der Waals surface area contributed by atoms with Gasteiger partial charge in [-0.15, -0.1) is 0 Å². The van der Waals surface area contributed by atoms with Crippen molar-refractivity contribution < 1.29 is 9.84 Å². The van der Waals surface area contributed by atoms with Gasteiger partial charge in [0.1, 0.15) is 0 Å². The molecular formula is C15H32N2O2. The fraction of sp³-hybridized carbons (Fsp3) is 1.00. The Morgan fingerprint density at radius 3 is 2.37 bits per heavy atom. The molecule has 4 nitrogen and oxygen atoms in total. The van der Waals surface area contributed by atoms with E-state index >= 15 is 0 Å². The summed E-state index contributed by atoms with van der Waals surface area (Å²) < 4.78 is 5.21. The van der Waals surface area contributed by atoms with Crippen LogP contribution in [-0.2, 0) is 4.74 Å². The standard InChI is InChI=1S/C15H32N2O2/c1-11(2)9-14(16)15(10-18)17(7-8-19-4)12(3)13-5-6-13/h11-15,18H,5-10,16H2,1-4H3. The van der Waals surface area contributed by atoms with Crippen molar-refractivity contribution in [1.29, 1.82) is 0 Å². The van der Waals surface area contributed by atoms with Crippen LogP contribution in [0.25, 0.3) is 0 Å². The summed E-state index contributed by atoms with van der Waals surface area (Å²) >= 11 is 0. The highest BCUT2D eigenvalue weighted by Gasteiger charge is 2.36. The monoisotopic (exact) mass is 272 g/mol. The minimum atomic E-state index is 0.0306. The van der Waals surface area contributed by atoms with Crippen LogP contribution in [0.1, 0.15) is 40.0 Å². The van der Waals surface area contributed by atoms with E-state index in [1.807, 2.05) is 0 Å². The van der Waals surface area contributed by atoms with Crippen molar-refractivity contribution in [3.8, 4) is 0 Å². The average Bonchev–Trinajstić information content (AvgIpc) is 3.16. The fourth-order valence-corrected chi connectivity index (χ4v) is 2.91. The normalized spacial score (nSPS) is 20.8. The maximum Gasteiger partial charge on any atom is 0.0602 e. The molecule has 0 bridgehead atoms. The number of nitrogens with zero attached hydrogens (tertiary/aromatic N) is 1. The van der Waals surface area contributed by atoms with Crippen LogP contribution in [0, 0.1) is 11.8 Å². The van der Waals surface area contributed by atoms with Crippen LogP contribution in [-0.4, -0.2) is 55.0 Å². The van der Waals surface area contributed by atoms with Crippen LogP contribution < -0.4 is 5.73 Å². The summed E-state index contributed by atoms with van der Waals surface area (Å²) in [6, 6.07) is 0.571. The zero-order valence-corrected chi connectivity index (χ0v) is 13.0. The van der Waals surface area contributed by atoms with E-state index in [2.05, 4.69) is 25.7 Å². The van der Waals surface area contributed by atoms with Gasteiger partial charge in [-0.1, -0.05) is 13.8 Å². The van der Waals surface area contributed by atoms with Crippen molar-refractivity contribution in [3.05, 3.63) is 0 Å². The Balaban J connectivity index is 2.66. The zero-order valence-electron chi connectivity index (χ0n) is 13.0. The molecule has 1 fully saturated rings. The van der Waals surface area contributed by atoms with E-state index in [4.69, 9.17) is 10.5 Å². The summed E-state index contributed by atoms with van der Waals surface area (Å²) in [7, 11) is 1.72. The van der Waals surface area contributed by atoms with E-state index in [0.717, 1.165) is 18.9 Å². The molecule has 0 aromatic carbocycles. The lowest BCUT2D eigenvalue weighted by molar-refractivity contribution is 0.0373. The van der Waals surface area contributed by atoms with Crippen molar-refractivity contribution >= 4 is 0 Å². The molecule has 0 aromatic rings. The number of aliphatic hydroxyl groups is 1. The predicted molar refractivity (Wildman–Crippen MR) is 79.1 cm³/mol. The second-order valence-corrected chi connectivity index (χ2v) is 6.35. The topological polar surface area (TPSA) is 58.7 Å². The summed E-state index contributed by atoms with van der Waals surface area (Å²) in [5, 5.41) is 9.77. The highest BCUT2D eigenvalue weighted by Crippen LogP contribution is 2.36. The van der Waals surface area contributed by atoms with Crippen LogP contribution in [0.15, 0.2) is 0 Å². The summed E-state index contributed by atoms with van der Waals surface area (Å²) in [6.45, 7) is 8.30. The molecule has 4 heteroatoms. The molecule has 1 aliphatic carbocycles. The summed E-state index contributed by atoms with van der Waals surface area (Å²) in [5.41, 5.74) is 6.32. The van der Waals surface area contributed by atoms with Gasteiger partial charge >= 0.3 is 0 Å². The highest BCUT2D eigenvalue weighted by molar-refractivity contribution is 4.91. The number of ether oxygens (including phenoxy) is 1. The van der Waals surface area contributed by atoms with Gasteiger partial charge in [-0.2, -0.15) is 0 Å². The van der Waals surface area contributed by atoms with Crippen LogP contribution in [0.2, 0.25) is 0 Å². The van der Waals surface area contributed by atoms with Crippen LogP contribution >= 0.6 is 0 Å². The number of hydrogen-bond donors (Lipinski definition) is 2. The molecule has 3 N–H and O–H groups in total. The molecule has 1 aliphatic rings. The maximum absolute atomic E-state index is 9.77. The third-order valence-corrected chi connectivity index (χ3v) is 4.23. The average molecular weight is 272 g/mol. The third kappa shape index (κ3) is 5.38. The Hall–Kier alpha value is -0.160. The van der Waals surface area contributed by atoms with Gasteiger partial charge in [0.2, 0.25) is 0 Å². The Labute approximate surface area is 118 Å². The lowest BCUT2D eigenvalue weighted by Crippen LogP contribution is -2.55. The minimum absolute atomic E-state index is 0.0306. The molecule has 0 amide bonds.